The molecule has 0 fully saturated rings. The highest BCUT2D eigenvalue weighted by Gasteiger charge is 2.14. The van der Waals surface area contributed by atoms with Gasteiger partial charge in [0.05, 0.1) is 14.2 Å². The fourth-order valence-electron chi connectivity index (χ4n) is 1.76. The number of aryl methyl sites for hydroxylation is 1. The van der Waals surface area contributed by atoms with E-state index in [1.54, 1.807) is 18.2 Å². The molecule has 104 valence electrons. The van der Waals surface area contributed by atoms with E-state index < -0.39 is 5.97 Å². The summed E-state index contributed by atoms with van der Waals surface area (Å²) in [6.45, 7) is 2.01. The van der Waals surface area contributed by atoms with Gasteiger partial charge in [0.15, 0.2) is 0 Å². The highest BCUT2D eigenvalue weighted by Crippen LogP contribution is 2.28. The summed E-state index contributed by atoms with van der Waals surface area (Å²) < 4.78 is 15.6. The molecule has 0 aliphatic carbocycles. The lowest BCUT2D eigenvalue weighted by molar-refractivity contribution is 0.0596. The van der Waals surface area contributed by atoms with Gasteiger partial charge in [-0.05, 0) is 37.3 Å². The van der Waals surface area contributed by atoms with E-state index in [0.717, 1.165) is 5.56 Å². The zero-order chi connectivity index (χ0) is 14.5. The first-order chi connectivity index (χ1) is 9.63. The summed E-state index contributed by atoms with van der Waals surface area (Å²) in [5, 5.41) is 0. The van der Waals surface area contributed by atoms with Crippen molar-refractivity contribution in [2.45, 2.75) is 6.92 Å². The zero-order valence-electron chi connectivity index (χ0n) is 11.7. The number of hydrogen-bond donors (Lipinski definition) is 0. The van der Waals surface area contributed by atoms with Gasteiger partial charge in [0.1, 0.15) is 22.8 Å². The Labute approximate surface area is 117 Å². The Morgan fingerprint density at radius 3 is 2.20 bits per heavy atom. The number of hydrogen-bond acceptors (Lipinski definition) is 4. The van der Waals surface area contributed by atoms with Crippen LogP contribution in [0.5, 0.6) is 17.2 Å². The molecule has 0 aliphatic rings. The van der Waals surface area contributed by atoms with Crippen molar-refractivity contribution in [2.24, 2.45) is 0 Å². The summed E-state index contributed by atoms with van der Waals surface area (Å²) in [6, 6.07) is 12.7. The average molecular weight is 272 g/mol. The molecule has 0 spiro atoms. The number of rotatable bonds is 4. The molecule has 2 aromatic carbocycles. The van der Waals surface area contributed by atoms with Gasteiger partial charge in [-0.15, -0.1) is 0 Å². The molecule has 4 heteroatoms. The second kappa shape index (κ2) is 6.10. The zero-order valence-corrected chi connectivity index (χ0v) is 11.7. The van der Waals surface area contributed by atoms with Crippen LogP contribution in [0.15, 0.2) is 42.5 Å². The molecule has 0 aliphatic heterocycles. The topological polar surface area (TPSA) is 44.8 Å². The normalized spacial score (nSPS) is 9.95. The van der Waals surface area contributed by atoms with Crippen molar-refractivity contribution >= 4 is 5.97 Å². The first-order valence-electron chi connectivity index (χ1n) is 6.15. The molecule has 0 radical (unpaired) electrons. The summed E-state index contributed by atoms with van der Waals surface area (Å²) >= 11 is 0. The molecular formula is C16H16O4. The predicted octanol–water partition coefficient (Wildman–Crippen LogP) is 3.58. The summed E-state index contributed by atoms with van der Waals surface area (Å²) in [7, 11) is 2.83. The lowest BCUT2D eigenvalue weighted by Crippen LogP contribution is -2.04. The van der Waals surface area contributed by atoms with Gasteiger partial charge in [-0.1, -0.05) is 17.7 Å². The predicted molar refractivity (Wildman–Crippen MR) is 75.6 cm³/mol. The average Bonchev–Trinajstić information content (AvgIpc) is 2.48. The molecule has 0 atom stereocenters. The Bertz CT molecular complexity index is 602. The first kappa shape index (κ1) is 13.9. The Morgan fingerprint density at radius 2 is 1.60 bits per heavy atom. The van der Waals surface area contributed by atoms with E-state index >= 15 is 0 Å². The molecule has 2 rings (SSSR count). The van der Waals surface area contributed by atoms with Crippen LogP contribution in [0.1, 0.15) is 15.9 Å². The van der Waals surface area contributed by atoms with Crippen LogP contribution in [0.3, 0.4) is 0 Å². The van der Waals surface area contributed by atoms with Crippen LogP contribution < -0.4 is 9.47 Å². The van der Waals surface area contributed by atoms with E-state index in [9.17, 15) is 4.79 Å². The van der Waals surface area contributed by atoms with E-state index in [0.29, 0.717) is 22.8 Å². The van der Waals surface area contributed by atoms with Crippen molar-refractivity contribution in [3.8, 4) is 17.2 Å². The van der Waals surface area contributed by atoms with Gasteiger partial charge in [-0.2, -0.15) is 0 Å². The molecule has 0 bridgehead atoms. The van der Waals surface area contributed by atoms with Crippen LogP contribution in [-0.2, 0) is 4.74 Å². The standard InChI is InChI=1S/C16H16O4/c1-11-4-6-12(7-5-11)20-13-8-9-15(18-2)14(10-13)16(17)19-3/h4-10H,1-3H3. The number of esters is 1. The molecule has 0 unspecified atom stereocenters. The number of carbonyl (C=O) groups is 1. The maximum absolute atomic E-state index is 11.7. The molecule has 0 heterocycles. The smallest absolute Gasteiger partial charge is 0.341 e. The first-order valence-corrected chi connectivity index (χ1v) is 6.15. The summed E-state index contributed by atoms with van der Waals surface area (Å²) in [6.07, 6.45) is 0. The lowest BCUT2D eigenvalue weighted by Gasteiger charge is -2.10. The molecule has 0 aromatic heterocycles. The molecule has 0 amide bonds. The van der Waals surface area contributed by atoms with Gasteiger partial charge in [0.2, 0.25) is 0 Å². The largest absolute Gasteiger partial charge is 0.496 e. The van der Waals surface area contributed by atoms with Gasteiger partial charge in [0, 0.05) is 0 Å². The third kappa shape index (κ3) is 3.09. The Morgan fingerprint density at radius 1 is 0.950 bits per heavy atom. The van der Waals surface area contributed by atoms with Crippen molar-refractivity contribution in [2.75, 3.05) is 14.2 Å². The van der Waals surface area contributed by atoms with Crippen LogP contribution in [-0.4, -0.2) is 20.2 Å². The summed E-state index contributed by atoms with van der Waals surface area (Å²) in [4.78, 5) is 11.7. The maximum Gasteiger partial charge on any atom is 0.341 e. The number of methoxy groups -OCH3 is 2. The highest BCUT2D eigenvalue weighted by molar-refractivity contribution is 5.93. The Balaban J connectivity index is 2.28. The van der Waals surface area contributed by atoms with Crippen molar-refractivity contribution in [3.63, 3.8) is 0 Å². The number of benzene rings is 2. The van der Waals surface area contributed by atoms with Gasteiger partial charge >= 0.3 is 5.97 Å². The second-order valence-electron chi connectivity index (χ2n) is 4.27. The lowest BCUT2D eigenvalue weighted by atomic mass is 10.2. The fourth-order valence-corrected chi connectivity index (χ4v) is 1.76. The number of ether oxygens (including phenoxy) is 3. The van der Waals surface area contributed by atoms with Crippen LogP contribution >= 0.6 is 0 Å². The fraction of sp³-hybridized carbons (Fsp3) is 0.188. The molecule has 2 aromatic rings. The van der Waals surface area contributed by atoms with Crippen LogP contribution in [0.25, 0.3) is 0 Å². The molecule has 20 heavy (non-hydrogen) atoms. The van der Waals surface area contributed by atoms with E-state index in [2.05, 4.69) is 0 Å². The third-order valence-electron chi connectivity index (χ3n) is 2.83. The quantitative estimate of drug-likeness (QED) is 0.798. The molecule has 0 saturated heterocycles. The van der Waals surface area contributed by atoms with Crippen molar-refractivity contribution < 1.29 is 19.0 Å². The molecule has 4 nitrogen and oxygen atoms in total. The van der Waals surface area contributed by atoms with E-state index in [1.165, 1.54) is 14.2 Å². The van der Waals surface area contributed by atoms with Gasteiger partial charge in [-0.3, -0.25) is 0 Å². The Kier molecular flexibility index (Phi) is 4.25. The maximum atomic E-state index is 11.7. The summed E-state index contributed by atoms with van der Waals surface area (Å²) in [5.74, 6) is 1.25. The van der Waals surface area contributed by atoms with Gasteiger partial charge < -0.3 is 14.2 Å². The second-order valence-corrected chi connectivity index (χ2v) is 4.27. The van der Waals surface area contributed by atoms with Crippen molar-refractivity contribution in [3.05, 3.63) is 53.6 Å². The van der Waals surface area contributed by atoms with E-state index in [1.807, 2.05) is 31.2 Å². The molecular weight excluding hydrogens is 256 g/mol. The Hall–Kier alpha value is -2.49. The van der Waals surface area contributed by atoms with Crippen molar-refractivity contribution in [1.82, 2.24) is 0 Å². The van der Waals surface area contributed by atoms with Gasteiger partial charge in [-0.25, -0.2) is 4.79 Å². The SMILES string of the molecule is COC(=O)c1cc(Oc2ccc(C)cc2)ccc1OC. The third-order valence-corrected chi connectivity index (χ3v) is 2.83. The van der Waals surface area contributed by atoms with Crippen LogP contribution in [0.2, 0.25) is 0 Å². The summed E-state index contributed by atoms with van der Waals surface area (Å²) in [5.41, 5.74) is 1.49. The highest BCUT2D eigenvalue weighted by atomic mass is 16.5. The van der Waals surface area contributed by atoms with E-state index in [-0.39, 0.29) is 0 Å². The minimum absolute atomic E-state index is 0.333. The molecule has 0 saturated carbocycles. The molecule has 0 N–H and O–H groups in total. The van der Waals surface area contributed by atoms with Crippen LogP contribution in [0.4, 0.5) is 0 Å². The monoisotopic (exact) mass is 272 g/mol. The van der Waals surface area contributed by atoms with Gasteiger partial charge in [0.25, 0.3) is 0 Å². The van der Waals surface area contributed by atoms with Crippen LogP contribution in [0, 0.1) is 6.92 Å². The van der Waals surface area contributed by atoms with E-state index in [4.69, 9.17) is 14.2 Å². The minimum Gasteiger partial charge on any atom is -0.496 e. The number of carbonyl (C=O) groups excluding carboxylic acids is 1. The van der Waals surface area contributed by atoms with Crippen molar-refractivity contribution in [1.29, 1.82) is 0 Å². The minimum atomic E-state index is -0.462.